The van der Waals surface area contributed by atoms with Crippen molar-refractivity contribution < 1.29 is 14.4 Å². The van der Waals surface area contributed by atoms with Gasteiger partial charge in [0.1, 0.15) is 4.47 Å². The molecule has 0 amide bonds. The minimum atomic E-state index is -0.413. The fourth-order valence-electron chi connectivity index (χ4n) is 2.09. The van der Waals surface area contributed by atoms with E-state index in [0.717, 1.165) is 18.7 Å². The van der Waals surface area contributed by atoms with E-state index in [2.05, 4.69) is 21.2 Å². The highest BCUT2D eigenvalue weighted by Gasteiger charge is 2.19. The van der Waals surface area contributed by atoms with Gasteiger partial charge >= 0.3 is 0 Å². The SMILES string of the molecule is CC1CNCC(COCc2cccc([N+](=O)[O-])c2Br)O1. The molecular weight excluding hydrogens is 328 g/mol. The average Bonchev–Trinajstić information content (AvgIpc) is 2.40. The molecule has 1 fully saturated rings. The van der Waals surface area contributed by atoms with Gasteiger partial charge in [-0.15, -0.1) is 0 Å². The van der Waals surface area contributed by atoms with Crippen molar-refractivity contribution in [2.75, 3.05) is 19.7 Å². The lowest BCUT2D eigenvalue weighted by molar-refractivity contribution is -0.385. The highest BCUT2D eigenvalue weighted by molar-refractivity contribution is 9.10. The van der Waals surface area contributed by atoms with Gasteiger partial charge in [-0.05, 0) is 28.4 Å². The predicted molar refractivity (Wildman–Crippen MR) is 77.7 cm³/mol. The fraction of sp³-hybridized carbons (Fsp3) is 0.538. The number of nitrogens with one attached hydrogen (secondary N) is 1. The molecule has 1 saturated heterocycles. The van der Waals surface area contributed by atoms with E-state index in [9.17, 15) is 10.1 Å². The third-order valence-corrected chi connectivity index (χ3v) is 3.96. The molecule has 2 unspecified atom stereocenters. The summed E-state index contributed by atoms with van der Waals surface area (Å²) in [4.78, 5) is 10.4. The molecule has 1 heterocycles. The number of morpholine rings is 1. The van der Waals surface area contributed by atoms with Gasteiger partial charge in [0.05, 0.1) is 30.3 Å². The summed E-state index contributed by atoms with van der Waals surface area (Å²) in [6.07, 6.45) is 0.207. The average molecular weight is 345 g/mol. The molecule has 2 atom stereocenters. The Balaban J connectivity index is 1.88. The third kappa shape index (κ3) is 3.99. The Kier molecular flexibility index (Phi) is 5.47. The van der Waals surface area contributed by atoms with Gasteiger partial charge in [0.25, 0.3) is 5.69 Å². The molecule has 0 spiro atoms. The smallest absolute Gasteiger partial charge is 0.283 e. The van der Waals surface area contributed by atoms with Crippen LogP contribution in [0.1, 0.15) is 12.5 Å². The molecule has 0 aliphatic carbocycles. The molecule has 1 aromatic rings. The van der Waals surface area contributed by atoms with E-state index in [0.29, 0.717) is 17.7 Å². The molecule has 1 aromatic carbocycles. The molecule has 0 radical (unpaired) electrons. The first kappa shape index (κ1) is 15.4. The zero-order chi connectivity index (χ0) is 14.5. The standard InChI is InChI=1S/C13H17BrN2O4/c1-9-5-15-6-11(20-9)8-19-7-10-3-2-4-12(13(10)14)16(17)18/h2-4,9,11,15H,5-8H2,1H3. The molecule has 1 aliphatic rings. The molecule has 6 nitrogen and oxygen atoms in total. The summed E-state index contributed by atoms with van der Waals surface area (Å²) in [6, 6.07) is 4.92. The van der Waals surface area contributed by atoms with E-state index in [4.69, 9.17) is 9.47 Å². The summed E-state index contributed by atoms with van der Waals surface area (Å²) in [5.74, 6) is 0. The van der Waals surface area contributed by atoms with Gasteiger partial charge in [0.15, 0.2) is 0 Å². The van der Waals surface area contributed by atoms with Gasteiger partial charge in [-0.1, -0.05) is 12.1 Å². The predicted octanol–water partition coefficient (Wildman–Crippen LogP) is 2.25. The molecule has 7 heteroatoms. The topological polar surface area (TPSA) is 73.6 Å². The van der Waals surface area contributed by atoms with Crippen molar-refractivity contribution in [1.29, 1.82) is 0 Å². The maximum atomic E-state index is 10.8. The van der Waals surface area contributed by atoms with Crippen LogP contribution in [0.4, 0.5) is 5.69 Å². The normalized spacial score (nSPS) is 22.7. The quantitative estimate of drug-likeness (QED) is 0.655. The van der Waals surface area contributed by atoms with Crippen LogP contribution in [0.15, 0.2) is 22.7 Å². The Morgan fingerprint density at radius 3 is 3.05 bits per heavy atom. The van der Waals surface area contributed by atoms with Gasteiger partial charge in [-0.25, -0.2) is 0 Å². The first-order valence-electron chi connectivity index (χ1n) is 6.43. The van der Waals surface area contributed by atoms with Crippen molar-refractivity contribution in [2.45, 2.75) is 25.7 Å². The second-order valence-corrected chi connectivity index (χ2v) is 5.54. The molecule has 0 aromatic heterocycles. The molecule has 110 valence electrons. The number of rotatable bonds is 5. The van der Waals surface area contributed by atoms with Crippen LogP contribution >= 0.6 is 15.9 Å². The second-order valence-electron chi connectivity index (χ2n) is 4.75. The van der Waals surface area contributed by atoms with Crippen LogP contribution in [0.5, 0.6) is 0 Å². The Morgan fingerprint density at radius 1 is 1.55 bits per heavy atom. The lowest BCUT2D eigenvalue weighted by Gasteiger charge is -2.28. The van der Waals surface area contributed by atoms with Crippen molar-refractivity contribution in [3.63, 3.8) is 0 Å². The van der Waals surface area contributed by atoms with Crippen LogP contribution < -0.4 is 5.32 Å². The number of benzene rings is 1. The molecule has 0 bridgehead atoms. The zero-order valence-electron chi connectivity index (χ0n) is 11.2. The van der Waals surface area contributed by atoms with E-state index < -0.39 is 4.92 Å². The zero-order valence-corrected chi connectivity index (χ0v) is 12.8. The Morgan fingerprint density at radius 2 is 2.35 bits per heavy atom. The lowest BCUT2D eigenvalue weighted by Crippen LogP contribution is -2.45. The highest BCUT2D eigenvalue weighted by Crippen LogP contribution is 2.28. The van der Waals surface area contributed by atoms with E-state index in [1.807, 2.05) is 6.92 Å². The maximum absolute atomic E-state index is 10.8. The van der Waals surface area contributed by atoms with Crippen LogP contribution in [0.3, 0.4) is 0 Å². The van der Waals surface area contributed by atoms with Crippen LogP contribution in [0.2, 0.25) is 0 Å². The third-order valence-electron chi connectivity index (χ3n) is 3.04. The van der Waals surface area contributed by atoms with Crippen LogP contribution in [0.25, 0.3) is 0 Å². The second kappa shape index (κ2) is 7.12. The lowest BCUT2D eigenvalue weighted by atomic mass is 10.2. The minimum Gasteiger partial charge on any atom is -0.374 e. The van der Waals surface area contributed by atoms with Gasteiger partial charge in [0.2, 0.25) is 0 Å². The summed E-state index contributed by atoms with van der Waals surface area (Å²) in [7, 11) is 0. The number of halogens is 1. The molecule has 20 heavy (non-hydrogen) atoms. The molecule has 1 aliphatic heterocycles. The van der Waals surface area contributed by atoms with Crippen LogP contribution in [-0.2, 0) is 16.1 Å². The maximum Gasteiger partial charge on any atom is 0.283 e. The van der Waals surface area contributed by atoms with Gasteiger partial charge in [-0.3, -0.25) is 10.1 Å². The Hall–Kier alpha value is -1.02. The number of ether oxygens (including phenoxy) is 2. The number of nitro benzene ring substituents is 1. The summed E-state index contributed by atoms with van der Waals surface area (Å²) < 4.78 is 11.8. The van der Waals surface area contributed by atoms with E-state index in [1.54, 1.807) is 12.1 Å². The molecular formula is C13H17BrN2O4. The number of nitro groups is 1. The van der Waals surface area contributed by atoms with Gasteiger partial charge in [-0.2, -0.15) is 0 Å². The number of hydrogen-bond donors (Lipinski definition) is 1. The summed E-state index contributed by atoms with van der Waals surface area (Å²) >= 11 is 3.25. The number of nitrogens with zero attached hydrogens (tertiary/aromatic N) is 1. The summed E-state index contributed by atoms with van der Waals surface area (Å²) in [5.41, 5.74) is 0.811. The monoisotopic (exact) mass is 344 g/mol. The van der Waals surface area contributed by atoms with E-state index in [-0.39, 0.29) is 17.9 Å². The minimum absolute atomic E-state index is 0.0243. The molecule has 1 N–H and O–H groups in total. The largest absolute Gasteiger partial charge is 0.374 e. The van der Waals surface area contributed by atoms with Crippen molar-refractivity contribution in [3.05, 3.63) is 38.3 Å². The Labute approximate surface area is 125 Å². The highest BCUT2D eigenvalue weighted by atomic mass is 79.9. The number of hydrogen-bond acceptors (Lipinski definition) is 5. The Bertz CT molecular complexity index is 483. The van der Waals surface area contributed by atoms with Crippen molar-refractivity contribution >= 4 is 21.6 Å². The molecule has 0 saturated carbocycles. The first-order valence-corrected chi connectivity index (χ1v) is 7.23. The molecule has 2 rings (SSSR count). The first-order chi connectivity index (χ1) is 9.58. The van der Waals surface area contributed by atoms with Crippen molar-refractivity contribution in [1.82, 2.24) is 5.32 Å². The fourth-order valence-corrected chi connectivity index (χ4v) is 2.61. The van der Waals surface area contributed by atoms with Gasteiger partial charge in [0, 0.05) is 19.2 Å². The van der Waals surface area contributed by atoms with Crippen molar-refractivity contribution in [3.8, 4) is 0 Å². The van der Waals surface area contributed by atoms with Gasteiger partial charge < -0.3 is 14.8 Å². The van der Waals surface area contributed by atoms with Crippen LogP contribution in [0, 0.1) is 10.1 Å². The van der Waals surface area contributed by atoms with Crippen LogP contribution in [-0.4, -0.2) is 36.8 Å². The van der Waals surface area contributed by atoms with E-state index in [1.165, 1.54) is 6.07 Å². The summed E-state index contributed by atoms with van der Waals surface area (Å²) in [5, 5.41) is 14.1. The van der Waals surface area contributed by atoms with Crippen molar-refractivity contribution in [2.24, 2.45) is 0 Å². The van der Waals surface area contributed by atoms with E-state index >= 15 is 0 Å². The summed E-state index contributed by atoms with van der Waals surface area (Å²) in [6.45, 7) is 4.41.